The predicted molar refractivity (Wildman–Crippen MR) is 89.2 cm³/mol. The van der Waals surface area contributed by atoms with Gasteiger partial charge in [0.1, 0.15) is 15.8 Å². The molecule has 22 heavy (non-hydrogen) atoms. The molecule has 0 aliphatic heterocycles. The van der Waals surface area contributed by atoms with Gasteiger partial charge in [-0.25, -0.2) is 4.79 Å². The van der Waals surface area contributed by atoms with Crippen LogP contribution < -0.4 is 5.69 Å². The molecule has 2 N–H and O–H groups in total. The van der Waals surface area contributed by atoms with Gasteiger partial charge in [0.05, 0.1) is 14.9 Å². The molecule has 3 rings (SSSR count). The Morgan fingerprint density at radius 1 is 1.18 bits per heavy atom. The van der Waals surface area contributed by atoms with Crippen molar-refractivity contribution >= 4 is 57.7 Å². The van der Waals surface area contributed by atoms with Crippen LogP contribution >= 0.6 is 57.7 Å². The van der Waals surface area contributed by atoms with Crippen molar-refractivity contribution in [3.63, 3.8) is 0 Å². The van der Waals surface area contributed by atoms with Gasteiger partial charge < -0.3 is 5.11 Å². The zero-order valence-electron chi connectivity index (χ0n) is 10.4. The van der Waals surface area contributed by atoms with Crippen LogP contribution in [-0.4, -0.2) is 19.9 Å². The van der Waals surface area contributed by atoms with Crippen molar-refractivity contribution in [2.75, 3.05) is 0 Å². The molecular weight excluding hydrogens is 392 g/mol. The predicted octanol–water partition coefficient (Wildman–Crippen LogP) is 4.61. The lowest BCUT2D eigenvalue weighted by Crippen LogP contribution is -2.16. The first-order chi connectivity index (χ1) is 10.4. The molecule has 3 aromatic rings. The largest absolute Gasteiger partial charge is 0.506 e. The first-order valence-corrected chi connectivity index (χ1v) is 8.03. The van der Waals surface area contributed by atoms with Gasteiger partial charge >= 0.3 is 5.69 Å². The van der Waals surface area contributed by atoms with Gasteiger partial charge in [-0.3, -0.25) is 4.98 Å². The highest BCUT2D eigenvalue weighted by atomic mass is 35.5. The minimum atomic E-state index is -0.565. The summed E-state index contributed by atoms with van der Waals surface area (Å²) in [6, 6.07) is 4.28. The zero-order chi connectivity index (χ0) is 16.0. The molecule has 0 saturated heterocycles. The summed E-state index contributed by atoms with van der Waals surface area (Å²) in [6.45, 7) is 0. The molecule has 0 unspecified atom stereocenters. The van der Waals surface area contributed by atoms with E-state index in [1.165, 1.54) is 18.2 Å². The summed E-state index contributed by atoms with van der Waals surface area (Å²) in [4.78, 5) is 15.0. The number of phenols is 1. The van der Waals surface area contributed by atoms with Gasteiger partial charge in [-0.1, -0.05) is 46.4 Å². The fourth-order valence-electron chi connectivity index (χ4n) is 1.77. The van der Waals surface area contributed by atoms with Gasteiger partial charge in [0, 0.05) is 5.02 Å². The summed E-state index contributed by atoms with van der Waals surface area (Å²) in [6.07, 6.45) is 0. The van der Waals surface area contributed by atoms with Crippen molar-refractivity contribution in [2.24, 2.45) is 0 Å². The van der Waals surface area contributed by atoms with E-state index in [2.05, 4.69) is 10.1 Å². The van der Waals surface area contributed by atoms with Crippen LogP contribution in [0.4, 0.5) is 0 Å². The van der Waals surface area contributed by atoms with E-state index < -0.39 is 5.69 Å². The van der Waals surface area contributed by atoms with Crippen LogP contribution in [0.15, 0.2) is 23.0 Å². The van der Waals surface area contributed by atoms with Crippen LogP contribution in [0.1, 0.15) is 0 Å². The summed E-state index contributed by atoms with van der Waals surface area (Å²) in [5.41, 5.74) is -0.422. The lowest BCUT2D eigenvalue weighted by atomic mass is 10.3. The Hall–Kier alpha value is -1.18. The van der Waals surface area contributed by atoms with E-state index in [0.717, 1.165) is 16.0 Å². The van der Waals surface area contributed by atoms with Crippen molar-refractivity contribution in [1.82, 2.24) is 14.8 Å². The quantitative estimate of drug-likeness (QED) is 0.664. The second-order valence-corrected chi connectivity index (χ2v) is 6.97. The highest BCUT2D eigenvalue weighted by molar-refractivity contribution is 7.20. The first kappa shape index (κ1) is 15.7. The number of thiophene rings is 1. The molecule has 114 valence electrons. The van der Waals surface area contributed by atoms with E-state index in [-0.39, 0.29) is 27.3 Å². The van der Waals surface area contributed by atoms with E-state index in [4.69, 9.17) is 46.4 Å². The molecule has 0 aliphatic carbocycles. The second kappa shape index (κ2) is 5.79. The number of H-pyrrole nitrogens is 1. The standard InChI is InChI=1S/C12H5Cl4N3O2S/c13-4-1-2-6(20)5(3-4)19-12(21)17-11(18-19)9-7(14)8(15)10(16)22-9/h1-3,20H,(H,17,18,21). The van der Waals surface area contributed by atoms with E-state index in [1.807, 2.05) is 0 Å². The fourth-order valence-corrected chi connectivity index (χ4v) is 3.69. The van der Waals surface area contributed by atoms with Gasteiger partial charge in [0.25, 0.3) is 0 Å². The minimum absolute atomic E-state index is 0.141. The van der Waals surface area contributed by atoms with Crippen molar-refractivity contribution in [3.8, 4) is 22.1 Å². The third kappa shape index (κ3) is 2.61. The molecule has 0 atom stereocenters. The SMILES string of the molecule is O=c1[nH]c(-c2sc(Cl)c(Cl)c2Cl)nn1-c1cc(Cl)ccc1O. The van der Waals surface area contributed by atoms with E-state index in [0.29, 0.717) is 14.2 Å². The van der Waals surface area contributed by atoms with Gasteiger partial charge in [-0.15, -0.1) is 16.4 Å². The molecule has 0 amide bonds. The van der Waals surface area contributed by atoms with E-state index >= 15 is 0 Å². The van der Waals surface area contributed by atoms with Crippen molar-refractivity contribution in [3.05, 3.63) is 48.1 Å². The van der Waals surface area contributed by atoms with Crippen LogP contribution in [0.5, 0.6) is 5.75 Å². The van der Waals surface area contributed by atoms with Gasteiger partial charge in [-0.05, 0) is 18.2 Å². The molecule has 5 nitrogen and oxygen atoms in total. The Balaban J connectivity index is 2.18. The highest BCUT2D eigenvalue weighted by Gasteiger charge is 2.20. The maximum Gasteiger partial charge on any atom is 0.348 e. The van der Waals surface area contributed by atoms with Crippen molar-refractivity contribution in [1.29, 1.82) is 0 Å². The number of aromatic nitrogens is 3. The Morgan fingerprint density at radius 3 is 2.55 bits per heavy atom. The molecule has 10 heteroatoms. The number of aromatic amines is 1. The zero-order valence-corrected chi connectivity index (χ0v) is 14.2. The van der Waals surface area contributed by atoms with Gasteiger partial charge in [0.2, 0.25) is 0 Å². The first-order valence-electron chi connectivity index (χ1n) is 5.70. The number of nitrogens with zero attached hydrogens (tertiary/aromatic N) is 2. The molecule has 0 aliphatic rings. The molecule has 2 heterocycles. The molecule has 0 bridgehead atoms. The van der Waals surface area contributed by atoms with Crippen LogP contribution in [0.2, 0.25) is 19.4 Å². The molecule has 0 fully saturated rings. The number of phenolic OH excluding ortho intramolecular Hbond substituents is 1. The monoisotopic (exact) mass is 395 g/mol. The maximum atomic E-state index is 12.1. The van der Waals surface area contributed by atoms with Crippen LogP contribution in [0.25, 0.3) is 16.4 Å². The average molecular weight is 397 g/mol. The number of hydrogen-bond acceptors (Lipinski definition) is 4. The second-order valence-electron chi connectivity index (χ2n) is 4.16. The molecule has 1 aromatic carbocycles. The third-order valence-corrected chi connectivity index (χ3v) is 5.57. The summed E-state index contributed by atoms with van der Waals surface area (Å²) in [5.74, 6) is 0.0473. The van der Waals surface area contributed by atoms with E-state index in [9.17, 15) is 9.90 Å². The Kier molecular flexibility index (Phi) is 4.13. The maximum absolute atomic E-state index is 12.1. The summed E-state index contributed by atoms with van der Waals surface area (Å²) in [5, 5.41) is 14.7. The van der Waals surface area contributed by atoms with Crippen molar-refractivity contribution < 1.29 is 5.11 Å². The third-order valence-electron chi connectivity index (χ3n) is 2.75. The van der Waals surface area contributed by atoms with Crippen LogP contribution in [0.3, 0.4) is 0 Å². The summed E-state index contributed by atoms with van der Waals surface area (Å²) < 4.78 is 1.27. The number of halogens is 4. The van der Waals surface area contributed by atoms with Crippen molar-refractivity contribution in [2.45, 2.75) is 0 Å². The number of rotatable bonds is 2. The molecule has 2 aromatic heterocycles. The normalized spacial score (nSPS) is 11.1. The number of benzene rings is 1. The van der Waals surface area contributed by atoms with Gasteiger partial charge in [-0.2, -0.15) is 4.68 Å². The Morgan fingerprint density at radius 2 is 1.91 bits per heavy atom. The smallest absolute Gasteiger partial charge is 0.348 e. The number of hydrogen-bond donors (Lipinski definition) is 2. The topological polar surface area (TPSA) is 70.9 Å². The molecular formula is C12H5Cl4N3O2S. The average Bonchev–Trinajstić information content (AvgIpc) is 2.97. The summed E-state index contributed by atoms with van der Waals surface area (Å²) >= 11 is 24.9. The van der Waals surface area contributed by atoms with Gasteiger partial charge in [0.15, 0.2) is 5.82 Å². The Labute approximate surface area is 147 Å². The fraction of sp³-hybridized carbons (Fsp3) is 0. The number of nitrogens with one attached hydrogen (secondary N) is 1. The molecule has 0 radical (unpaired) electrons. The molecule has 0 saturated carbocycles. The highest BCUT2D eigenvalue weighted by Crippen LogP contribution is 2.44. The summed E-state index contributed by atoms with van der Waals surface area (Å²) in [7, 11) is 0. The molecule has 0 spiro atoms. The lowest BCUT2D eigenvalue weighted by Gasteiger charge is -2.02. The number of aromatic hydroxyl groups is 1. The lowest BCUT2D eigenvalue weighted by molar-refractivity contribution is 0.470. The van der Waals surface area contributed by atoms with E-state index in [1.54, 1.807) is 0 Å². The Bertz CT molecular complexity index is 931. The van der Waals surface area contributed by atoms with Crippen LogP contribution in [-0.2, 0) is 0 Å². The minimum Gasteiger partial charge on any atom is -0.506 e. The van der Waals surface area contributed by atoms with Crippen LogP contribution in [0, 0.1) is 0 Å².